The molecule has 182 valence electrons. The molecule has 3 rings (SSSR count). The molecule has 1 atom stereocenters. The lowest BCUT2D eigenvalue weighted by atomic mass is 9.89. The summed E-state index contributed by atoms with van der Waals surface area (Å²) in [6, 6.07) is 22.0. The molecule has 6 nitrogen and oxygen atoms in total. The molecular weight excluding hydrogens is 574 g/mol. The van der Waals surface area contributed by atoms with Gasteiger partial charge in [0.05, 0.1) is 28.2 Å². The van der Waals surface area contributed by atoms with E-state index in [0.29, 0.717) is 5.75 Å². The Morgan fingerprint density at radius 1 is 0.886 bits per heavy atom. The summed E-state index contributed by atoms with van der Waals surface area (Å²) in [6.45, 7) is 3.76. The van der Waals surface area contributed by atoms with Gasteiger partial charge in [-0.2, -0.15) is 5.10 Å². The largest absolute Gasteiger partial charge is 0.494 e. The van der Waals surface area contributed by atoms with E-state index in [1.54, 1.807) is 7.11 Å². The summed E-state index contributed by atoms with van der Waals surface area (Å²) in [5.74, 6) is -0.658. The number of carbonyl (C=O) groups is 2. The molecule has 0 aliphatic rings. The molecule has 0 radical (unpaired) electrons. The van der Waals surface area contributed by atoms with Crippen molar-refractivity contribution in [2.75, 3.05) is 7.11 Å². The van der Waals surface area contributed by atoms with E-state index in [0.717, 1.165) is 25.6 Å². The summed E-state index contributed by atoms with van der Waals surface area (Å²) < 4.78 is 6.81. The van der Waals surface area contributed by atoms with E-state index < -0.39 is 17.9 Å². The van der Waals surface area contributed by atoms with Crippen LogP contribution in [0.4, 0.5) is 0 Å². The van der Waals surface area contributed by atoms with Gasteiger partial charge in [-0.3, -0.25) is 9.59 Å². The molecule has 3 aromatic carbocycles. The number of nitrogens with one attached hydrogen (secondary N) is 2. The van der Waals surface area contributed by atoms with Gasteiger partial charge in [0.1, 0.15) is 11.8 Å². The molecule has 0 saturated heterocycles. The lowest BCUT2D eigenvalue weighted by Gasteiger charge is -2.24. The predicted octanol–water partition coefficient (Wildman–Crippen LogP) is 5.64. The van der Waals surface area contributed by atoms with Crippen molar-refractivity contribution in [2.24, 2.45) is 11.0 Å². The van der Waals surface area contributed by atoms with Gasteiger partial charge in [0.25, 0.3) is 5.91 Å². The Morgan fingerprint density at radius 2 is 1.40 bits per heavy atom. The summed E-state index contributed by atoms with van der Waals surface area (Å²) in [6.07, 6.45) is 1.53. The topological polar surface area (TPSA) is 79.8 Å². The zero-order valence-corrected chi connectivity index (χ0v) is 22.8. The normalized spacial score (nSPS) is 12.1. The SMILES string of the molecule is COc1c(Br)cc(/C=N\NC(=O)[C@@H](NC(=O)C(c2ccccc2)c2ccccc2)C(C)C)cc1Br. The Balaban J connectivity index is 1.75. The van der Waals surface area contributed by atoms with Crippen LogP contribution in [-0.4, -0.2) is 31.2 Å². The highest BCUT2D eigenvalue weighted by molar-refractivity contribution is 9.11. The smallest absolute Gasteiger partial charge is 0.262 e. The average Bonchev–Trinajstić information content (AvgIpc) is 2.83. The molecule has 8 heteroatoms. The van der Waals surface area contributed by atoms with Crippen molar-refractivity contribution < 1.29 is 14.3 Å². The Bertz CT molecular complexity index is 1120. The molecule has 0 aliphatic carbocycles. The number of methoxy groups -OCH3 is 1. The minimum atomic E-state index is -0.760. The van der Waals surface area contributed by atoms with E-state index in [1.165, 1.54) is 6.21 Å². The van der Waals surface area contributed by atoms with Crippen molar-refractivity contribution >= 4 is 49.9 Å². The van der Waals surface area contributed by atoms with Crippen LogP contribution in [0.5, 0.6) is 5.75 Å². The second-order valence-electron chi connectivity index (χ2n) is 8.24. The van der Waals surface area contributed by atoms with Crippen LogP contribution >= 0.6 is 31.9 Å². The van der Waals surface area contributed by atoms with Crippen molar-refractivity contribution in [1.82, 2.24) is 10.7 Å². The molecule has 3 aromatic rings. The summed E-state index contributed by atoms with van der Waals surface area (Å²) in [4.78, 5) is 26.4. The fourth-order valence-electron chi connectivity index (χ4n) is 3.65. The second-order valence-corrected chi connectivity index (χ2v) is 9.95. The van der Waals surface area contributed by atoms with Gasteiger partial charge < -0.3 is 10.1 Å². The number of amides is 2. The van der Waals surface area contributed by atoms with E-state index in [2.05, 4.69) is 47.7 Å². The van der Waals surface area contributed by atoms with Crippen molar-refractivity contribution in [3.05, 3.63) is 98.4 Å². The second kappa shape index (κ2) is 12.7. The molecule has 0 fully saturated rings. The molecule has 0 aromatic heterocycles. The van der Waals surface area contributed by atoms with Crippen LogP contribution in [0, 0.1) is 5.92 Å². The molecule has 0 unspecified atom stereocenters. The number of hydrogen-bond acceptors (Lipinski definition) is 4. The number of halogens is 2. The first-order chi connectivity index (χ1) is 16.8. The van der Waals surface area contributed by atoms with Crippen LogP contribution in [0.15, 0.2) is 86.8 Å². The van der Waals surface area contributed by atoms with Crippen molar-refractivity contribution in [3.63, 3.8) is 0 Å². The molecular formula is C27H27Br2N3O3. The highest BCUT2D eigenvalue weighted by Crippen LogP contribution is 2.34. The van der Waals surface area contributed by atoms with E-state index in [9.17, 15) is 9.59 Å². The van der Waals surface area contributed by atoms with Crippen molar-refractivity contribution in [2.45, 2.75) is 25.8 Å². The maximum absolute atomic E-state index is 13.4. The molecule has 2 N–H and O–H groups in total. The Hall–Kier alpha value is -2.97. The Labute approximate surface area is 222 Å². The molecule has 0 aliphatic heterocycles. The highest BCUT2D eigenvalue weighted by atomic mass is 79.9. The number of hydrogen-bond donors (Lipinski definition) is 2. The number of hydrazone groups is 1. The van der Waals surface area contributed by atoms with Gasteiger partial charge in [0.15, 0.2) is 0 Å². The van der Waals surface area contributed by atoms with Crippen molar-refractivity contribution in [3.8, 4) is 5.75 Å². The monoisotopic (exact) mass is 599 g/mol. The standard InChI is InChI=1S/C27H27Br2N3O3/c1-17(2)24(27(34)32-30-16-18-14-21(28)25(35-3)22(29)15-18)31-26(33)23(19-10-6-4-7-11-19)20-12-8-5-9-13-20/h4-17,23-24H,1-3H3,(H,31,33)(H,32,34)/b30-16-/t24-/m0/s1. The van der Waals surface area contributed by atoms with Crippen LogP contribution in [0.3, 0.4) is 0 Å². The Kier molecular flexibility index (Phi) is 9.63. The van der Waals surface area contributed by atoms with Gasteiger partial charge in [-0.25, -0.2) is 5.43 Å². The average molecular weight is 601 g/mol. The van der Waals surface area contributed by atoms with Crippen LogP contribution in [-0.2, 0) is 9.59 Å². The first-order valence-electron chi connectivity index (χ1n) is 11.1. The highest BCUT2D eigenvalue weighted by Gasteiger charge is 2.29. The van der Waals surface area contributed by atoms with Gasteiger partial charge in [0, 0.05) is 0 Å². The lowest BCUT2D eigenvalue weighted by molar-refractivity contribution is -0.130. The van der Waals surface area contributed by atoms with E-state index in [1.807, 2.05) is 86.6 Å². The number of carbonyl (C=O) groups excluding carboxylic acids is 2. The minimum Gasteiger partial charge on any atom is -0.494 e. The third-order valence-corrected chi connectivity index (χ3v) is 6.57. The van der Waals surface area contributed by atoms with Crippen LogP contribution in [0.1, 0.15) is 36.5 Å². The van der Waals surface area contributed by atoms with Gasteiger partial charge in [-0.1, -0.05) is 74.5 Å². The third kappa shape index (κ3) is 7.02. The molecule has 0 spiro atoms. The molecule has 2 amide bonds. The quantitative estimate of drug-likeness (QED) is 0.246. The fourth-order valence-corrected chi connectivity index (χ4v) is 5.19. The van der Waals surface area contributed by atoms with Gasteiger partial charge in [-0.05, 0) is 66.6 Å². The van der Waals surface area contributed by atoms with E-state index >= 15 is 0 Å². The maximum Gasteiger partial charge on any atom is 0.262 e. The maximum atomic E-state index is 13.4. The number of benzene rings is 3. The van der Waals surface area contributed by atoms with Gasteiger partial charge in [-0.15, -0.1) is 0 Å². The molecule has 35 heavy (non-hydrogen) atoms. The lowest BCUT2D eigenvalue weighted by Crippen LogP contribution is -2.50. The molecule has 0 bridgehead atoms. The van der Waals surface area contributed by atoms with Gasteiger partial charge in [0.2, 0.25) is 5.91 Å². The zero-order chi connectivity index (χ0) is 25.4. The number of ether oxygens (including phenoxy) is 1. The van der Waals surface area contributed by atoms with Gasteiger partial charge >= 0.3 is 0 Å². The third-order valence-electron chi connectivity index (χ3n) is 5.39. The van der Waals surface area contributed by atoms with Crippen LogP contribution in [0.25, 0.3) is 0 Å². The predicted molar refractivity (Wildman–Crippen MR) is 146 cm³/mol. The minimum absolute atomic E-state index is 0.148. The Morgan fingerprint density at radius 3 is 1.86 bits per heavy atom. The summed E-state index contributed by atoms with van der Waals surface area (Å²) in [5, 5.41) is 7.03. The van der Waals surface area contributed by atoms with Crippen molar-refractivity contribution in [1.29, 1.82) is 0 Å². The summed E-state index contributed by atoms with van der Waals surface area (Å²) in [5.41, 5.74) is 5.02. The first kappa shape index (κ1) is 26.6. The molecule has 0 heterocycles. The first-order valence-corrected chi connectivity index (χ1v) is 12.7. The molecule has 0 saturated carbocycles. The number of rotatable bonds is 9. The van der Waals surface area contributed by atoms with E-state index in [-0.39, 0.29) is 11.8 Å². The number of nitrogens with zero attached hydrogens (tertiary/aromatic N) is 1. The zero-order valence-electron chi connectivity index (χ0n) is 19.7. The fraction of sp³-hybridized carbons (Fsp3) is 0.222. The summed E-state index contributed by atoms with van der Waals surface area (Å²) in [7, 11) is 1.58. The van der Waals surface area contributed by atoms with Crippen LogP contribution < -0.4 is 15.5 Å². The summed E-state index contributed by atoms with van der Waals surface area (Å²) >= 11 is 6.90. The van der Waals surface area contributed by atoms with E-state index in [4.69, 9.17) is 4.74 Å². The van der Waals surface area contributed by atoms with Crippen LogP contribution in [0.2, 0.25) is 0 Å².